The molecular formula is C18H12BrFN4OS. The molecule has 0 saturated carbocycles. The summed E-state index contributed by atoms with van der Waals surface area (Å²) in [6, 6.07) is 14.2. The molecule has 0 bridgehead atoms. The molecule has 4 rings (SSSR count). The van der Waals surface area contributed by atoms with Crippen LogP contribution in [0.15, 0.2) is 69.2 Å². The van der Waals surface area contributed by atoms with E-state index in [2.05, 4.69) is 31.0 Å². The minimum absolute atomic E-state index is 0.275. The minimum atomic E-state index is -0.380. The first-order valence-electron chi connectivity index (χ1n) is 7.72. The highest BCUT2D eigenvalue weighted by Gasteiger charge is 2.13. The molecule has 2 heterocycles. The van der Waals surface area contributed by atoms with Crippen molar-refractivity contribution in [2.45, 2.75) is 10.9 Å². The Morgan fingerprint density at radius 1 is 1.15 bits per heavy atom. The first-order valence-corrected chi connectivity index (χ1v) is 9.50. The van der Waals surface area contributed by atoms with Crippen molar-refractivity contribution in [3.05, 3.63) is 81.1 Å². The van der Waals surface area contributed by atoms with Gasteiger partial charge in [-0.05, 0) is 29.3 Å². The SMILES string of the molecule is O=c1[nH]c(SCc2ccccc2F)nc2c(-c3ccc(Br)cc3)cnn12. The van der Waals surface area contributed by atoms with Gasteiger partial charge in [0.05, 0.1) is 6.20 Å². The van der Waals surface area contributed by atoms with Crippen LogP contribution in [0, 0.1) is 5.82 Å². The molecule has 26 heavy (non-hydrogen) atoms. The van der Waals surface area contributed by atoms with Gasteiger partial charge in [-0.2, -0.15) is 9.61 Å². The molecule has 2 aromatic carbocycles. The van der Waals surface area contributed by atoms with Crippen molar-refractivity contribution in [2.24, 2.45) is 0 Å². The number of benzene rings is 2. The number of thioether (sulfide) groups is 1. The highest BCUT2D eigenvalue weighted by atomic mass is 79.9. The molecule has 0 amide bonds. The van der Waals surface area contributed by atoms with E-state index in [1.807, 2.05) is 24.3 Å². The van der Waals surface area contributed by atoms with E-state index >= 15 is 0 Å². The first kappa shape index (κ1) is 17.0. The lowest BCUT2D eigenvalue weighted by Crippen LogP contribution is -2.19. The van der Waals surface area contributed by atoms with Crippen molar-refractivity contribution in [3.8, 4) is 11.1 Å². The largest absolute Gasteiger partial charge is 0.350 e. The highest BCUT2D eigenvalue weighted by molar-refractivity contribution is 9.10. The van der Waals surface area contributed by atoms with Crippen LogP contribution in [-0.4, -0.2) is 19.6 Å². The molecule has 0 radical (unpaired) electrons. The second-order valence-corrected chi connectivity index (χ2v) is 7.41. The smallest absolute Gasteiger partial charge is 0.285 e. The van der Waals surface area contributed by atoms with Gasteiger partial charge in [0, 0.05) is 15.8 Å². The third kappa shape index (κ3) is 3.30. The second-order valence-electron chi connectivity index (χ2n) is 5.53. The molecule has 2 aromatic heterocycles. The second kappa shape index (κ2) is 7.05. The van der Waals surface area contributed by atoms with E-state index < -0.39 is 0 Å². The van der Waals surface area contributed by atoms with Crippen molar-refractivity contribution in [2.75, 3.05) is 0 Å². The monoisotopic (exact) mass is 430 g/mol. The van der Waals surface area contributed by atoms with Gasteiger partial charge in [-0.3, -0.25) is 4.98 Å². The standard InChI is InChI=1S/C18H12BrFN4OS/c19-13-7-5-11(6-8-13)14-9-21-24-16(14)22-17(23-18(24)25)26-10-12-3-1-2-4-15(12)20/h1-9H,10H2,(H,22,23,25). The average Bonchev–Trinajstić information content (AvgIpc) is 3.06. The van der Waals surface area contributed by atoms with Crippen LogP contribution in [-0.2, 0) is 5.75 Å². The Kier molecular flexibility index (Phi) is 4.60. The maximum atomic E-state index is 13.8. The van der Waals surface area contributed by atoms with Gasteiger partial charge < -0.3 is 0 Å². The Morgan fingerprint density at radius 3 is 2.69 bits per heavy atom. The fourth-order valence-corrected chi connectivity index (χ4v) is 3.63. The van der Waals surface area contributed by atoms with Gasteiger partial charge in [-0.15, -0.1) is 0 Å². The molecular weight excluding hydrogens is 419 g/mol. The lowest BCUT2D eigenvalue weighted by Gasteiger charge is -2.04. The molecule has 130 valence electrons. The minimum Gasteiger partial charge on any atom is -0.285 e. The van der Waals surface area contributed by atoms with Gasteiger partial charge in [-0.25, -0.2) is 14.2 Å². The summed E-state index contributed by atoms with van der Waals surface area (Å²) in [5, 5.41) is 4.54. The number of hydrogen-bond donors (Lipinski definition) is 1. The molecule has 0 aliphatic rings. The van der Waals surface area contributed by atoms with E-state index in [1.54, 1.807) is 24.4 Å². The van der Waals surface area contributed by atoms with E-state index in [1.165, 1.54) is 22.3 Å². The van der Waals surface area contributed by atoms with Crippen LogP contribution in [0.5, 0.6) is 0 Å². The zero-order valence-corrected chi connectivity index (χ0v) is 15.7. The highest BCUT2D eigenvalue weighted by Crippen LogP contribution is 2.26. The summed E-state index contributed by atoms with van der Waals surface area (Å²) < 4.78 is 16.0. The van der Waals surface area contributed by atoms with E-state index in [9.17, 15) is 9.18 Å². The number of hydrogen-bond acceptors (Lipinski definition) is 4. The summed E-state index contributed by atoms with van der Waals surface area (Å²) in [7, 11) is 0. The zero-order valence-electron chi connectivity index (χ0n) is 13.3. The van der Waals surface area contributed by atoms with Crippen LogP contribution >= 0.6 is 27.7 Å². The lowest BCUT2D eigenvalue weighted by atomic mass is 10.1. The summed E-state index contributed by atoms with van der Waals surface area (Å²) in [6.07, 6.45) is 1.62. The number of H-pyrrole nitrogens is 1. The topological polar surface area (TPSA) is 63.0 Å². The Morgan fingerprint density at radius 2 is 1.92 bits per heavy atom. The number of aromatic amines is 1. The zero-order chi connectivity index (χ0) is 18.1. The fourth-order valence-electron chi connectivity index (χ4n) is 2.53. The molecule has 8 heteroatoms. The van der Waals surface area contributed by atoms with Gasteiger partial charge >= 0.3 is 5.69 Å². The number of nitrogens with zero attached hydrogens (tertiary/aromatic N) is 3. The molecule has 0 unspecified atom stereocenters. The van der Waals surface area contributed by atoms with Crippen LogP contribution in [0.4, 0.5) is 4.39 Å². The summed E-state index contributed by atoms with van der Waals surface area (Å²) in [4.78, 5) is 19.5. The van der Waals surface area contributed by atoms with Crippen molar-refractivity contribution < 1.29 is 4.39 Å². The van der Waals surface area contributed by atoms with Crippen LogP contribution in [0.3, 0.4) is 0 Å². The van der Waals surface area contributed by atoms with Crippen LogP contribution < -0.4 is 5.69 Å². The Bertz CT molecular complexity index is 1140. The number of fused-ring (bicyclic) bond motifs is 1. The summed E-state index contributed by atoms with van der Waals surface area (Å²) in [5.41, 5.74) is 2.31. The molecule has 5 nitrogen and oxygen atoms in total. The predicted octanol–water partition coefficient (Wildman–Crippen LogP) is 4.28. The third-order valence-electron chi connectivity index (χ3n) is 3.83. The Labute approximate surface area is 160 Å². The quantitative estimate of drug-likeness (QED) is 0.490. The molecule has 0 saturated heterocycles. The van der Waals surface area contributed by atoms with Crippen molar-refractivity contribution in [1.82, 2.24) is 19.6 Å². The normalized spacial score (nSPS) is 11.2. The fraction of sp³-hybridized carbons (Fsp3) is 0.0556. The lowest BCUT2D eigenvalue weighted by molar-refractivity contribution is 0.617. The number of halogens is 2. The maximum absolute atomic E-state index is 13.8. The summed E-state index contributed by atoms with van der Waals surface area (Å²) in [5.74, 6) is 0.0939. The third-order valence-corrected chi connectivity index (χ3v) is 5.29. The molecule has 0 fully saturated rings. The number of nitrogens with one attached hydrogen (secondary N) is 1. The van der Waals surface area contributed by atoms with Crippen LogP contribution in [0.2, 0.25) is 0 Å². The van der Waals surface area contributed by atoms with Gasteiger partial charge in [0.25, 0.3) is 0 Å². The molecule has 0 aliphatic carbocycles. The van der Waals surface area contributed by atoms with Gasteiger partial charge in [0.15, 0.2) is 10.8 Å². The van der Waals surface area contributed by atoms with E-state index in [0.29, 0.717) is 22.1 Å². The van der Waals surface area contributed by atoms with Gasteiger partial charge in [0.2, 0.25) is 0 Å². The van der Waals surface area contributed by atoms with E-state index in [-0.39, 0.29) is 11.5 Å². The van der Waals surface area contributed by atoms with Crippen molar-refractivity contribution >= 4 is 33.3 Å². The van der Waals surface area contributed by atoms with Gasteiger partial charge in [0.1, 0.15) is 5.82 Å². The molecule has 0 aliphatic heterocycles. The number of rotatable bonds is 4. The molecule has 1 N–H and O–H groups in total. The Balaban J connectivity index is 1.71. The van der Waals surface area contributed by atoms with Gasteiger partial charge in [-0.1, -0.05) is 58.0 Å². The van der Waals surface area contributed by atoms with E-state index in [0.717, 1.165) is 15.6 Å². The predicted molar refractivity (Wildman–Crippen MR) is 103 cm³/mol. The van der Waals surface area contributed by atoms with Crippen molar-refractivity contribution in [3.63, 3.8) is 0 Å². The number of aromatic nitrogens is 4. The van der Waals surface area contributed by atoms with Crippen LogP contribution in [0.25, 0.3) is 16.8 Å². The Hall–Kier alpha value is -2.45. The molecule has 0 spiro atoms. The summed E-state index contributed by atoms with van der Waals surface area (Å²) >= 11 is 4.68. The maximum Gasteiger partial charge on any atom is 0.350 e. The average molecular weight is 431 g/mol. The molecule has 0 atom stereocenters. The van der Waals surface area contributed by atoms with Crippen molar-refractivity contribution in [1.29, 1.82) is 0 Å². The van der Waals surface area contributed by atoms with E-state index in [4.69, 9.17) is 0 Å². The van der Waals surface area contributed by atoms with Crippen LogP contribution in [0.1, 0.15) is 5.56 Å². The first-order chi connectivity index (χ1) is 12.6. The summed E-state index contributed by atoms with van der Waals surface area (Å²) in [6.45, 7) is 0. The molecule has 4 aromatic rings.